The molecule has 584 valence electrons. The first-order valence-corrected chi connectivity index (χ1v) is 35.4. The van der Waals surface area contributed by atoms with Gasteiger partial charge >= 0.3 is 5.97 Å². The third-order valence-electron chi connectivity index (χ3n) is 16.6. The molecule has 0 unspecified atom stereocenters. The van der Waals surface area contributed by atoms with Gasteiger partial charge in [0.1, 0.15) is 72.5 Å². The molecule has 0 aliphatic rings. The molecule has 0 bridgehead atoms. The Morgan fingerprint density at radius 3 is 1.00 bits per heavy atom. The predicted octanol–water partition coefficient (Wildman–Crippen LogP) is -2.78. The Bertz CT molecular complexity index is 2800. The smallest absolute Gasteiger partial charge is 0.326 e. The topological polar surface area (TPSA) is 531 Å². The molecule has 0 radical (unpaired) electrons. The molecular weight excluding hydrogens is 1330 g/mol. The van der Waals surface area contributed by atoms with E-state index in [-0.39, 0.29) is 55.3 Å². The molecule has 14 amide bonds. The van der Waals surface area contributed by atoms with Crippen LogP contribution >= 0.6 is 0 Å². The van der Waals surface area contributed by atoms with Gasteiger partial charge in [-0.05, 0) is 107 Å². The third kappa shape index (κ3) is 34.7. The summed E-state index contributed by atoms with van der Waals surface area (Å²) in [6, 6.07) is -17.6. The Morgan fingerprint density at radius 2 is 0.608 bits per heavy atom. The van der Waals surface area contributed by atoms with Crippen LogP contribution in [0.25, 0.3) is 0 Å². The van der Waals surface area contributed by atoms with Gasteiger partial charge in [0.15, 0.2) is 0 Å². The van der Waals surface area contributed by atoms with Crippen LogP contribution in [0.15, 0.2) is 0 Å². The zero-order valence-corrected chi connectivity index (χ0v) is 63.3. The van der Waals surface area contributed by atoms with Crippen molar-refractivity contribution < 1.29 is 92.3 Å². The third-order valence-corrected chi connectivity index (χ3v) is 16.6. The summed E-state index contributed by atoms with van der Waals surface area (Å²) in [5.41, 5.74) is 6.01. The lowest BCUT2D eigenvalue weighted by molar-refractivity contribution is -0.142. The molecule has 0 saturated heterocycles. The molecule has 0 fully saturated rings. The van der Waals surface area contributed by atoms with Gasteiger partial charge in [0.25, 0.3) is 0 Å². The number of nitrogens with one attached hydrogen (secondary N) is 14. The Labute approximate surface area is 600 Å². The number of nitrogens with two attached hydrogens (primary N) is 1. The van der Waals surface area contributed by atoms with Gasteiger partial charge in [-0.2, -0.15) is 0 Å². The van der Waals surface area contributed by atoms with Crippen LogP contribution in [0.1, 0.15) is 183 Å². The zero-order chi connectivity index (χ0) is 78.9. The average Bonchev–Trinajstić information content (AvgIpc) is 0.827. The number of carbonyl (C=O) groups is 15. The summed E-state index contributed by atoms with van der Waals surface area (Å²) in [4.78, 5) is 202. The molecule has 20 N–H and O–H groups in total. The van der Waals surface area contributed by atoms with Crippen LogP contribution in [0.4, 0.5) is 0 Å². The molecule has 0 heterocycles. The van der Waals surface area contributed by atoms with Crippen LogP contribution in [-0.4, -0.2) is 220 Å². The van der Waals surface area contributed by atoms with Gasteiger partial charge < -0.3 is 101 Å². The highest BCUT2D eigenvalue weighted by atomic mass is 16.4. The van der Waals surface area contributed by atoms with Crippen molar-refractivity contribution >= 4 is 88.7 Å². The van der Waals surface area contributed by atoms with E-state index in [0.29, 0.717) is 19.3 Å². The molecule has 0 spiro atoms. The molecule has 102 heavy (non-hydrogen) atoms. The van der Waals surface area contributed by atoms with E-state index < -0.39 is 217 Å². The van der Waals surface area contributed by atoms with Gasteiger partial charge in [-0.15, -0.1) is 0 Å². The zero-order valence-electron chi connectivity index (χ0n) is 63.3. The van der Waals surface area contributed by atoms with Crippen molar-refractivity contribution in [1.29, 1.82) is 0 Å². The number of carbonyl (C=O) groups excluding carboxylic acids is 14. The fourth-order valence-electron chi connectivity index (χ4n) is 10.3. The van der Waals surface area contributed by atoms with Crippen LogP contribution in [0, 0.1) is 47.3 Å². The second kappa shape index (κ2) is 46.5. The van der Waals surface area contributed by atoms with Crippen LogP contribution in [0.5, 0.6) is 0 Å². The van der Waals surface area contributed by atoms with Crippen LogP contribution < -0.4 is 80.2 Å². The highest BCUT2D eigenvalue weighted by Crippen LogP contribution is 2.16. The maximum Gasteiger partial charge on any atom is 0.326 e. The van der Waals surface area contributed by atoms with Gasteiger partial charge in [0.2, 0.25) is 82.7 Å². The van der Waals surface area contributed by atoms with Gasteiger partial charge in [-0.1, -0.05) is 124 Å². The van der Waals surface area contributed by atoms with Crippen LogP contribution in [0.3, 0.4) is 0 Å². The second-order valence-corrected chi connectivity index (χ2v) is 29.0. The molecule has 34 nitrogen and oxygen atoms in total. The van der Waals surface area contributed by atoms with E-state index in [1.54, 1.807) is 96.9 Å². The first-order chi connectivity index (χ1) is 47.2. The summed E-state index contributed by atoms with van der Waals surface area (Å²) in [6.45, 7) is 30.5. The van der Waals surface area contributed by atoms with Gasteiger partial charge in [0, 0.05) is 0 Å². The Kier molecular flexibility index (Phi) is 42.8. The molecule has 0 aliphatic carbocycles. The monoisotopic (exact) mass is 1450 g/mol. The maximum absolute atomic E-state index is 14.1. The van der Waals surface area contributed by atoms with Crippen molar-refractivity contribution in [3.8, 4) is 0 Å². The molecule has 0 aromatic carbocycles. The standard InChI is InChI=1S/C68H123N15O19/c1-21-37(15)52(81-64(97)51(36(13)14)79-66(99)53(38(16)22-2)80-57(90)40(18)72-58(91)43(69)23-31(3)4)65(98)73-39(17)56(89)76-45(25-33(7)8)61(94)83-55(42(20)86)67(100)78-48(30-84)59(92)70-28-49(87)74-44(24-32(5)6)60(93)77-46(26-34(9)10)62(95)82-54(41(19)85)63(96)71-29-50(88)75-47(68(101)102)27-35(11)12/h31-48,51-55,84-86H,21-30,69H2,1-20H3,(H,70,92)(H,71,96)(H,72,91)(H,73,98)(H,74,87)(H,75,88)(H,76,89)(H,77,93)(H,78,100)(H,79,99)(H,80,90)(H,81,97)(H,82,95)(H,83,94)(H,101,102)/t37-,38-,39-,40-,41+,42+,43-,44-,45-,46-,47-,48-,51-,52-,53-,54-,55-/m0/s1. The Hall–Kier alpha value is -8.11. The second-order valence-electron chi connectivity index (χ2n) is 29.0. The van der Waals surface area contributed by atoms with E-state index >= 15 is 0 Å². The van der Waals surface area contributed by atoms with E-state index in [4.69, 9.17) is 5.73 Å². The lowest BCUT2D eigenvalue weighted by atomic mass is 9.94. The summed E-state index contributed by atoms with van der Waals surface area (Å²) in [6.07, 6.45) is -1.97. The summed E-state index contributed by atoms with van der Waals surface area (Å²) in [5.74, 6) is -15.8. The van der Waals surface area contributed by atoms with Crippen molar-refractivity contribution in [2.45, 2.75) is 274 Å². The van der Waals surface area contributed by atoms with E-state index in [9.17, 15) is 92.3 Å². The number of rotatable bonds is 47. The van der Waals surface area contributed by atoms with Crippen molar-refractivity contribution in [1.82, 2.24) is 74.4 Å². The molecule has 0 aromatic rings. The predicted molar refractivity (Wildman–Crippen MR) is 378 cm³/mol. The Balaban J connectivity index is 6.25. The first kappa shape index (κ1) is 93.9. The summed E-state index contributed by atoms with van der Waals surface area (Å²) in [7, 11) is 0. The number of hydrogen-bond donors (Lipinski definition) is 19. The molecule has 0 rings (SSSR count). The number of aliphatic carboxylic acids is 1. The minimum Gasteiger partial charge on any atom is -0.480 e. The van der Waals surface area contributed by atoms with Gasteiger partial charge in [-0.25, -0.2) is 4.79 Å². The summed E-state index contributed by atoms with van der Waals surface area (Å²) < 4.78 is 0. The lowest BCUT2D eigenvalue weighted by Crippen LogP contribution is -2.62. The Morgan fingerprint density at radius 1 is 0.314 bits per heavy atom. The highest BCUT2D eigenvalue weighted by Gasteiger charge is 2.39. The fourth-order valence-corrected chi connectivity index (χ4v) is 10.3. The number of aliphatic hydroxyl groups is 3. The van der Waals surface area contributed by atoms with Gasteiger partial charge in [-0.3, -0.25) is 67.1 Å². The summed E-state index contributed by atoms with van der Waals surface area (Å²) >= 11 is 0. The number of carboxylic acid groups (broad SMARTS) is 1. The molecule has 0 aromatic heterocycles. The van der Waals surface area contributed by atoms with Crippen molar-refractivity contribution in [3.05, 3.63) is 0 Å². The average molecular weight is 1450 g/mol. The number of hydrogen-bond acceptors (Lipinski definition) is 19. The van der Waals surface area contributed by atoms with E-state index in [1.807, 2.05) is 13.8 Å². The molecular formula is C68H123N15O19. The lowest BCUT2D eigenvalue weighted by Gasteiger charge is -2.31. The number of carboxylic acids is 1. The maximum atomic E-state index is 14.1. The normalized spacial score (nSPS) is 16.5. The van der Waals surface area contributed by atoms with Crippen molar-refractivity contribution in [3.63, 3.8) is 0 Å². The molecule has 0 aliphatic heterocycles. The van der Waals surface area contributed by atoms with Crippen LogP contribution in [-0.2, 0) is 71.9 Å². The van der Waals surface area contributed by atoms with Crippen molar-refractivity contribution in [2.24, 2.45) is 53.1 Å². The van der Waals surface area contributed by atoms with Gasteiger partial charge in [0.05, 0.1) is 37.9 Å². The SMILES string of the molecule is CC[C@H](C)[C@H](NC(=O)[C@H](C)NC(=O)[C@@H](N)CC(C)C)C(=O)N[C@H](C(=O)N[C@H](C(=O)N[C@@H](C)C(=O)N[C@@H](CC(C)C)C(=O)N[C@H](C(=O)N[C@@H](CO)C(=O)NCC(=O)N[C@@H](CC(C)C)C(=O)N[C@@H](CC(C)C)C(=O)N[C@H](C(=O)NCC(=O)N[C@@H](CC(C)C)C(=O)O)[C@@H](C)O)[C@@H](C)O)[C@@H](C)CC)C(C)C. The largest absolute Gasteiger partial charge is 0.480 e. The number of amides is 14. The first-order valence-electron chi connectivity index (χ1n) is 35.4. The van der Waals surface area contributed by atoms with Crippen LogP contribution in [0.2, 0.25) is 0 Å². The molecule has 0 saturated carbocycles. The van der Waals surface area contributed by atoms with E-state index in [2.05, 4.69) is 74.4 Å². The van der Waals surface area contributed by atoms with E-state index in [0.717, 1.165) is 6.92 Å². The van der Waals surface area contributed by atoms with E-state index in [1.165, 1.54) is 20.8 Å². The molecule has 34 heteroatoms. The molecule has 17 atom stereocenters. The highest BCUT2D eigenvalue weighted by molar-refractivity contribution is 6.00. The number of aliphatic hydroxyl groups excluding tert-OH is 3. The quantitative estimate of drug-likeness (QED) is 0.0293. The minimum absolute atomic E-state index is 0.00109. The summed E-state index contributed by atoms with van der Waals surface area (Å²) in [5, 5.41) is 75.7. The minimum atomic E-state index is -1.83. The fraction of sp³-hybridized carbons (Fsp3) is 0.779. The van der Waals surface area contributed by atoms with Crippen molar-refractivity contribution in [2.75, 3.05) is 19.7 Å².